The van der Waals surface area contributed by atoms with Crippen LogP contribution in [0.25, 0.3) is 11.1 Å². The molecule has 1 aliphatic rings. The number of hydrogen-bond acceptors (Lipinski definition) is 4. The number of carbonyl (C=O) groups excluding carboxylic acids is 2. The lowest BCUT2D eigenvalue weighted by molar-refractivity contribution is -0.137. The Morgan fingerprint density at radius 2 is 1.51 bits per heavy atom. The summed E-state index contributed by atoms with van der Waals surface area (Å²) in [6, 6.07) is 19.8. The summed E-state index contributed by atoms with van der Waals surface area (Å²) in [7, 11) is 0. The fraction of sp³-hybridized carbons (Fsp3) is 0.231. The smallest absolute Gasteiger partial charge is 0.379 e. The number of ether oxygens (including phenoxy) is 1. The molecule has 4 rings (SSSR count). The number of carbonyl (C=O) groups is 2. The molecule has 1 aliphatic heterocycles. The average Bonchev–Trinajstić information content (AvgIpc) is 2.85. The van der Waals surface area contributed by atoms with E-state index in [0.717, 1.165) is 29.3 Å². The van der Waals surface area contributed by atoms with Crippen LogP contribution in [0, 0.1) is 0 Å². The van der Waals surface area contributed by atoms with Crippen LogP contribution in [-0.4, -0.2) is 49.6 Å². The van der Waals surface area contributed by atoms with Gasteiger partial charge in [-0.2, -0.15) is 13.2 Å². The fourth-order valence-electron chi connectivity index (χ4n) is 3.77. The number of nitrogens with one attached hydrogen (secondary N) is 2. The van der Waals surface area contributed by atoms with E-state index < -0.39 is 29.2 Å². The van der Waals surface area contributed by atoms with Crippen molar-refractivity contribution in [1.82, 2.24) is 4.90 Å². The van der Waals surface area contributed by atoms with Gasteiger partial charge in [0.25, 0.3) is 5.91 Å². The third-order valence-electron chi connectivity index (χ3n) is 5.58. The fourth-order valence-corrected chi connectivity index (χ4v) is 3.77. The highest BCUT2D eigenvalue weighted by molar-refractivity contribution is 6.05. The van der Waals surface area contributed by atoms with Crippen LogP contribution < -0.4 is 10.6 Å². The standard InChI is InChI=1S/C26H24F3N3O3/c27-26(28,29)22-11-8-20(16-23(22)31-24(33)17-32-12-14-35-15-13-32)25(34)30-21-9-6-19(7-10-21)18-4-2-1-3-5-18/h1-11,16H,12-15,17H2,(H,30,34)(H,31,33). The van der Waals surface area contributed by atoms with Gasteiger partial charge in [0, 0.05) is 24.3 Å². The van der Waals surface area contributed by atoms with Gasteiger partial charge in [-0.25, -0.2) is 0 Å². The first-order valence-electron chi connectivity index (χ1n) is 11.1. The normalized spacial score (nSPS) is 14.4. The van der Waals surface area contributed by atoms with Gasteiger partial charge in [-0.15, -0.1) is 0 Å². The van der Waals surface area contributed by atoms with Gasteiger partial charge in [-0.3, -0.25) is 14.5 Å². The average molecular weight is 483 g/mol. The van der Waals surface area contributed by atoms with E-state index in [1.165, 1.54) is 0 Å². The molecule has 0 spiro atoms. The largest absolute Gasteiger partial charge is 0.418 e. The van der Waals surface area contributed by atoms with Crippen LogP contribution in [0.4, 0.5) is 24.5 Å². The molecule has 0 bridgehead atoms. The van der Waals surface area contributed by atoms with Crippen LogP contribution in [0.3, 0.4) is 0 Å². The topological polar surface area (TPSA) is 70.7 Å². The number of anilines is 2. The summed E-state index contributed by atoms with van der Waals surface area (Å²) in [5.41, 5.74) is 0.993. The predicted molar refractivity (Wildman–Crippen MR) is 127 cm³/mol. The zero-order chi connectivity index (χ0) is 24.8. The van der Waals surface area contributed by atoms with Crippen molar-refractivity contribution in [3.8, 4) is 11.1 Å². The van der Waals surface area contributed by atoms with Crippen molar-refractivity contribution in [2.45, 2.75) is 6.18 Å². The Balaban J connectivity index is 1.48. The van der Waals surface area contributed by atoms with Gasteiger partial charge in [0.1, 0.15) is 0 Å². The Kier molecular flexibility index (Phi) is 7.48. The maximum atomic E-state index is 13.5. The highest BCUT2D eigenvalue weighted by Crippen LogP contribution is 2.35. The van der Waals surface area contributed by atoms with Gasteiger partial charge in [-0.05, 0) is 41.5 Å². The van der Waals surface area contributed by atoms with Crippen molar-refractivity contribution >= 4 is 23.2 Å². The van der Waals surface area contributed by atoms with Crippen molar-refractivity contribution in [2.75, 3.05) is 43.5 Å². The summed E-state index contributed by atoms with van der Waals surface area (Å²) in [5, 5.41) is 5.01. The second kappa shape index (κ2) is 10.7. The highest BCUT2D eigenvalue weighted by atomic mass is 19.4. The molecule has 9 heteroatoms. The molecule has 0 atom stereocenters. The molecule has 182 valence electrons. The zero-order valence-corrected chi connectivity index (χ0v) is 18.8. The van der Waals surface area contributed by atoms with Crippen LogP contribution in [0.15, 0.2) is 72.8 Å². The summed E-state index contributed by atoms with van der Waals surface area (Å²) < 4.78 is 45.8. The molecule has 0 aromatic heterocycles. The van der Waals surface area contributed by atoms with Gasteiger partial charge >= 0.3 is 6.18 Å². The molecule has 2 N–H and O–H groups in total. The second-order valence-electron chi connectivity index (χ2n) is 8.09. The van der Waals surface area contributed by atoms with Crippen LogP contribution >= 0.6 is 0 Å². The summed E-state index contributed by atoms with van der Waals surface area (Å²) in [6.45, 7) is 1.90. The van der Waals surface area contributed by atoms with Crippen molar-refractivity contribution in [3.63, 3.8) is 0 Å². The molecular formula is C26H24F3N3O3. The van der Waals surface area contributed by atoms with E-state index in [0.29, 0.717) is 32.0 Å². The van der Waals surface area contributed by atoms with E-state index in [1.54, 1.807) is 17.0 Å². The molecule has 0 aliphatic carbocycles. The number of nitrogens with zero attached hydrogens (tertiary/aromatic N) is 1. The first-order valence-corrected chi connectivity index (χ1v) is 11.1. The van der Waals surface area contributed by atoms with Crippen LogP contribution in [0.5, 0.6) is 0 Å². The minimum absolute atomic E-state index is 0.00758. The Bertz CT molecular complexity index is 1180. The maximum absolute atomic E-state index is 13.5. The van der Waals surface area contributed by atoms with Crippen molar-refractivity contribution in [3.05, 3.63) is 83.9 Å². The molecule has 2 amide bonds. The van der Waals surface area contributed by atoms with Crippen molar-refractivity contribution in [1.29, 1.82) is 0 Å². The van der Waals surface area contributed by atoms with Gasteiger partial charge in [0.15, 0.2) is 0 Å². The molecule has 1 fully saturated rings. The van der Waals surface area contributed by atoms with E-state index in [2.05, 4.69) is 10.6 Å². The van der Waals surface area contributed by atoms with Gasteiger partial charge < -0.3 is 15.4 Å². The molecular weight excluding hydrogens is 459 g/mol. The minimum atomic E-state index is -4.69. The SMILES string of the molecule is O=C(CN1CCOCC1)Nc1cc(C(=O)Nc2ccc(-c3ccccc3)cc2)ccc1C(F)(F)F. The molecule has 1 saturated heterocycles. The summed E-state index contributed by atoms with van der Waals surface area (Å²) in [6.07, 6.45) is -4.69. The van der Waals surface area contributed by atoms with Gasteiger partial charge in [0.05, 0.1) is 31.0 Å². The van der Waals surface area contributed by atoms with E-state index in [1.807, 2.05) is 42.5 Å². The quantitative estimate of drug-likeness (QED) is 0.524. The minimum Gasteiger partial charge on any atom is -0.379 e. The van der Waals surface area contributed by atoms with Crippen LogP contribution in [0.2, 0.25) is 0 Å². The molecule has 3 aromatic carbocycles. The third kappa shape index (κ3) is 6.46. The van der Waals surface area contributed by atoms with Gasteiger partial charge in [0.2, 0.25) is 5.91 Å². The Hall–Kier alpha value is -3.69. The molecule has 35 heavy (non-hydrogen) atoms. The lowest BCUT2D eigenvalue weighted by Gasteiger charge is -2.26. The molecule has 6 nitrogen and oxygen atoms in total. The summed E-state index contributed by atoms with van der Waals surface area (Å²) in [4.78, 5) is 27.0. The lowest BCUT2D eigenvalue weighted by atomic mass is 10.1. The molecule has 0 unspecified atom stereocenters. The number of rotatable bonds is 6. The summed E-state index contributed by atoms with van der Waals surface area (Å²) >= 11 is 0. The molecule has 3 aromatic rings. The predicted octanol–water partition coefficient (Wildman–Crippen LogP) is 4.90. The third-order valence-corrected chi connectivity index (χ3v) is 5.58. The van der Waals surface area contributed by atoms with E-state index in [9.17, 15) is 22.8 Å². The van der Waals surface area contributed by atoms with Crippen molar-refractivity contribution in [2.24, 2.45) is 0 Å². The molecule has 0 radical (unpaired) electrons. The summed E-state index contributed by atoms with van der Waals surface area (Å²) in [5.74, 6) is -1.18. The molecule has 1 heterocycles. The number of hydrogen-bond donors (Lipinski definition) is 2. The zero-order valence-electron chi connectivity index (χ0n) is 18.8. The second-order valence-corrected chi connectivity index (χ2v) is 8.09. The van der Waals surface area contributed by atoms with Crippen LogP contribution in [0.1, 0.15) is 15.9 Å². The van der Waals surface area contributed by atoms with E-state index in [-0.39, 0.29) is 12.1 Å². The number of morpholine rings is 1. The molecule has 0 saturated carbocycles. The van der Waals surface area contributed by atoms with Gasteiger partial charge in [-0.1, -0.05) is 42.5 Å². The van der Waals surface area contributed by atoms with Crippen molar-refractivity contribution < 1.29 is 27.5 Å². The number of amides is 2. The lowest BCUT2D eigenvalue weighted by Crippen LogP contribution is -2.41. The first-order chi connectivity index (χ1) is 16.8. The Morgan fingerprint density at radius 3 is 2.17 bits per heavy atom. The highest BCUT2D eigenvalue weighted by Gasteiger charge is 2.34. The monoisotopic (exact) mass is 483 g/mol. The van der Waals surface area contributed by atoms with E-state index >= 15 is 0 Å². The Labute approximate surface area is 200 Å². The van der Waals surface area contributed by atoms with E-state index in [4.69, 9.17) is 4.74 Å². The van der Waals surface area contributed by atoms with Crippen LogP contribution in [-0.2, 0) is 15.7 Å². The maximum Gasteiger partial charge on any atom is 0.418 e. The number of benzene rings is 3. The first kappa shape index (κ1) is 24.4. The number of halogens is 3. The Morgan fingerprint density at radius 1 is 0.857 bits per heavy atom. The number of alkyl halides is 3.